The molecule has 1 aliphatic rings. The van der Waals surface area contributed by atoms with E-state index in [0.29, 0.717) is 12.0 Å². The van der Waals surface area contributed by atoms with Gasteiger partial charge in [0.2, 0.25) is 0 Å². The van der Waals surface area contributed by atoms with Gasteiger partial charge in [0.05, 0.1) is 12.0 Å². The minimum atomic E-state index is -3.65. The average Bonchev–Trinajstić information content (AvgIpc) is 2.86. The highest BCUT2D eigenvalue weighted by Crippen LogP contribution is 2.23. The van der Waals surface area contributed by atoms with E-state index in [4.69, 9.17) is 0 Å². The number of nitrogens with zero attached hydrogens (tertiary/aromatic N) is 1. The van der Waals surface area contributed by atoms with E-state index < -0.39 is 22.0 Å². The zero-order valence-electron chi connectivity index (χ0n) is 13.5. The van der Waals surface area contributed by atoms with Crippen molar-refractivity contribution in [2.75, 3.05) is 7.11 Å². The van der Waals surface area contributed by atoms with E-state index in [0.717, 1.165) is 5.56 Å². The molecular weight excluding hydrogens is 342 g/mol. The van der Waals surface area contributed by atoms with E-state index in [9.17, 15) is 13.2 Å². The lowest BCUT2D eigenvalue weighted by atomic mass is 10.1. The van der Waals surface area contributed by atoms with Crippen LogP contribution in [0.5, 0.6) is 0 Å². The fourth-order valence-electron chi connectivity index (χ4n) is 2.59. The molecule has 130 valence electrons. The Hall–Kier alpha value is -2.71. The van der Waals surface area contributed by atoms with Crippen molar-refractivity contribution in [3.63, 3.8) is 0 Å². The van der Waals surface area contributed by atoms with Gasteiger partial charge in [-0.25, -0.2) is 13.9 Å². The van der Waals surface area contributed by atoms with Crippen LogP contribution in [-0.2, 0) is 26.1 Å². The first kappa shape index (κ1) is 17.1. The maximum Gasteiger partial charge on any atom is 0.268 e. The molecule has 0 fully saturated rings. The first-order valence-corrected chi connectivity index (χ1v) is 9.06. The minimum absolute atomic E-state index is 0.152. The number of hydrogen-bond acceptors (Lipinski definition) is 5. The first-order valence-electron chi connectivity index (χ1n) is 7.58. The minimum Gasteiger partial charge on any atom is -0.277 e. The lowest BCUT2D eigenvalue weighted by Crippen LogP contribution is -2.36. The van der Waals surface area contributed by atoms with Crippen LogP contribution in [0.25, 0.3) is 0 Å². The number of fused-ring (bicyclic) bond motifs is 1. The van der Waals surface area contributed by atoms with Gasteiger partial charge in [-0.05, 0) is 17.7 Å². The molecule has 1 atom stereocenters. The number of carbonyl (C=O) groups excluding carboxylic acids is 1. The molecule has 0 aliphatic carbocycles. The smallest absolute Gasteiger partial charge is 0.268 e. The molecule has 25 heavy (non-hydrogen) atoms. The van der Waals surface area contributed by atoms with Crippen molar-refractivity contribution in [1.82, 2.24) is 10.2 Å². The average molecular weight is 359 g/mol. The molecule has 1 heterocycles. The van der Waals surface area contributed by atoms with Crippen LogP contribution >= 0.6 is 0 Å². The molecule has 0 radical (unpaired) electrons. The molecule has 8 heteroatoms. The van der Waals surface area contributed by atoms with Crippen LogP contribution in [0.1, 0.15) is 11.1 Å². The number of amides is 1. The van der Waals surface area contributed by atoms with Crippen molar-refractivity contribution in [1.29, 1.82) is 0 Å². The standard InChI is InChI=1S/C17H17N3O4S/c1-24-19-17(21)14(11-12-7-3-2-4-8-12)18-16-13-9-5-6-10-15(13)25(22,23)20-16/h2-10,14H,11H2,1H3,(H,18,20)(H,19,21). The first-order chi connectivity index (χ1) is 12.0. The Morgan fingerprint density at radius 3 is 2.56 bits per heavy atom. The summed E-state index contributed by atoms with van der Waals surface area (Å²) in [5.41, 5.74) is 3.61. The third kappa shape index (κ3) is 3.70. The largest absolute Gasteiger partial charge is 0.277 e. The van der Waals surface area contributed by atoms with Crippen molar-refractivity contribution in [3.8, 4) is 0 Å². The number of carbonyl (C=O) groups is 1. The fraction of sp³-hybridized carbons (Fsp3) is 0.176. The summed E-state index contributed by atoms with van der Waals surface area (Å²) in [5.74, 6) is -0.301. The molecule has 3 rings (SSSR count). The highest BCUT2D eigenvalue weighted by atomic mass is 32.2. The van der Waals surface area contributed by atoms with E-state index in [1.54, 1.807) is 18.2 Å². The predicted molar refractivity (Wildman–Crippen MR) is 92.4 cm³/mol. The second-order valence-electron chi connectivity index (χ2n) is 5.46. The molecule has 2 aromatic carbocycles. The monoisotopic (exact) mass is 359 g/mol. The van der Waals surface area contributed by atoms with Gasteiger partial charge in [0, 0.05) is 12.0 Å². The second-order valence-corrected chi connectivity index (χ2v) is 7.11. The molecule has 0 saturated heterocycles. The Balaban J connectivity index is 1.97. The van der Waals surface area contributed by atoms with Gasteiger partial charge in [-0.15, -0.1) is 0 Å². The van der Waals surface area contributed by atoms with Gasteiger partial charge in [-0.2, -0.15) is 0 Å². The number of rotatable bonds is 5. The van der Waals surface area contributed by atoms with Crippen LogP contribution in [0.15, 0.2) is 64.5 Å². The van der Waals surface area contributed by atoms with Gasteiger partial charge in [0.15, 0.2) is 0 Å². The Morgan fingerprint density at radius 1 is 1.16 bits per heavy atom. The van der Waals surface area contributed by atoms with Crippen LogP contribution in [0, 0.1) is 0 Å². The number of sulfonamides is 1. The normalized spacial score (nSPS) is 17.6. The topological polar surface area (TPSA) is 96.9 Å². The van der Waals surface area contributed by atoms with Gasteiger partial charge >= 0.3 is 0 Å². The Bertz CT molecular complexity index is 911. The molecule has 0 saturated carbocycles. The summed E-state index contributed by atoms with van der Waals surface area (Å²) in [6.07, 6.45) is 0.309. The molecule has 1 aliphatic heterocycles. The highest BCUT2D eigenvalue weighted by molar-refractivity contribution is 7.90. The maximum absolute atomic E-state index is 12.3. The lowest BCUT2D eigenvalue weighted by Gasteiger charge is -2.13. The molecule has 1 amide bonds. The van der Waals surface area contributed by atoms with Crippen LogP contribution in [-0.4, -0.2) is 33.3 Å². The van der Waals surface area contributed by atoms with Gasteiger partial charge in [-0.1, -0.05) is 42.5 Å². The number of amidine groups is 1. The molecule has 1 unspecified atom stereocenters. The zero-order valence-corrected chi connectivity index (χ0v) is 14.3. The van der Waals surface area contributed by atoms with Crippen LogP contribution in [0.4, 0.5) is 0 Å². The Labute approximate surface area is 145 Å². The predicted octanol–water partition coefficient (Wildman–Crippen LogP) is 1.01. The van der Waals surface area contributed by atoms with E-state index >= 15 is 0 Å². The van der Waals surface area contributed by atoms with Gasteiger partial charge < -0.3 is 0 Å². The number of aliphatic imine (C=N–C) groups is 1. The molecule has 2 aromatic rings. The summed E-state index contributed by atoms with van der Waals surface area (Å²) < 4.78 is 26.8. The number of hydroxylamine groups is 1. The Kier molecular flexibility index (Phi) is 4.82. The SMILES string of the molecule is CONC(=O)C(Cc1ccccc1)N=C1NS(=O)(=O)c2ccccc21. The zero-order chi connectivity index (χ0) is 17.9. The summed E-state index contributed by atoms with van der Waals surface area (Å²) in [7, 11) is -2.32. The van der Waals surface area contributed by atoms with Crippen LogP contribution < -0.4 is 10.2 Å². The summed E-state index contributed by atoms with van der Waals surface area (Å²) in [6, 6.07) is 15.0. The fourth-order valence-corrected chi connectivity index (χ4v) is 3.83. The molecule has 0 bridgehead atoms. The Morgan fingerprint density at radius 2 is 1.84 bits per heavy atom. The van der Waals surface area contributed by atoms with Crippen LogP contribution in [0.2, 0.25) is 0 Å². The highest BCUT2D eigenvalue weighted by Gasteiger charge is 2.31. The van der Waals surface area contributed by atoms with E-state index in [-0.39, 0.29) is 10.7 Å². The molecule has 0 spiro atoms. The lowest BCUT2D eigenvalue weighted by molar-refractivity contribution is -0.132. The van der Waals surface area contributed by atoms with Crippen molar-refractivity contribution in [2.24, 2.45) is 4.99 Å². The maximum atomic E-state index is 12.3. The van der Waals surface area contributed by atoms with E-state index in [1.165, 1.54) is 13.2 Å². The third-order valence-electron chi connectivity index (χ3n) is 3.72. The number of nitrogens with one attached hydrogen (secondary N) is 2. The van der Waals surface area contributed by atoms with Gasteiger partial charge in [0.25, 0.3) is 15.9 Å². The second kappa shape index (κ2) is 7.04. The summed E-state index contributed by atoms with van der Waals surface area (Å²) in [6.45, 7) is 0. The van der Waals surface area contributed by atoms with Gasteiger partial charge in [-0.3, -0.25) is 19.3 Å². The van der Waals surface area contributed by atoms with E-state index in [1.807, 2.05) is 30.3 Å². The van der Waals surface area contributed by atoms with Crippen molar-refractivity contribution < 1.29 is 18.0 Å². The summed E-state index contributed by atoms with van der Waals surface area (Å²) in [4.78, 5) is 21.5. The molecular formula is C17H17N3O4S. The van der Waals surface area contributed by atoms with Crippen molar-refractivity contribution in [3.05, 3.63) is 65.7 Å². The summed E-state index contributed by atoms with van der Waals surface area (Å²) in [5, 5.41) is 0. The quantitative estimate of drug-likeness (QED) is 0.779. The number of benzene rings is 2. The third-order valence-corrected chi connectivity index (χ3v) is 5.12. The molecule has 0 aromatic heterocycles. The van der Waals surface area contributed by atoms with Crippen molar-refractivity contribution in [2.45, 2.75) is 17.4 Å². The van der Waals surface area contributed by atoms with Crippen LogP contribution in [0.3, 0.4) is 0 Å². The molecule has 7 nitrogen and oxygen atoms in total. The molecule has 2 N–H and O–H groups in total. The summed E-state index contributed by atoms with van der Waals surface area (Å²) >= 11 is 0. The van der Waals surface area contributed by atoms with Crippen molar-refractivity contribution >= 4 is 21.8 Å². The van der Waals surface area contributed by atoms with Gasteiger partial charge in [0.1, 0.15) is 11.9 Å². The number of hydrogen-bond donors (Lipinski definition) is 2. The van der Waals surface area contributed by atoms with E-state index in [2.05, 4.69) is 20.0 Å².